The van der Waals surface area contributed by atoms with Gasteiger partial charge in [-0.25, -0.2) is 9.78 Å². The molecule has 0 bridgehead atoms. The van der Waals surface area contributed by atoms with E-state index in [4.69, 9.17) is 5.11 Å². The van der Waals surface area contributed by atoms with Gasteiger partial charge in [-0.1, -0.05) is 6.07 Å². The van der Waals surface area contributed by atoms with E-state index in [9.17, 15) is 4.79 Å². The molecule has 0 saturated carbocycles. The van der Waals surface area contributed by atoms with Gasteiger partial charge in [-0.2, -0.15) is 0 Å². The highest BCUT2D eigenvalue weighted by Crippen LogP contribution is 2.08. The van der Waals surface area contributed by atoms with Crippen LogP contribution < -0.4 is 5.32 Å². The summed E-state index contributed by atoms with van der Waals surface area (Å²) in [5.41, 5.74) is 2.77. The molecule has 2 amide bonds. The normalized spacial score (nSPS) is 10.7. The molecule has 0 aliphatic rings. The Morgan fingerprint density at radius 1 is 1.53 bits per heavy atom. The third-order valence-corrected chi connectivity index (χ3v) is 2.95. The van der Waals surface area contributed by atoms with E-state index < -0.39 is 0 Å². The van der Waals surface area contributed by atoms with E-state index >= 15 is 0 Å². The molecule has 0 fully saturated rings. The van der Waals surface area contributed by atoms with Gasteiger partial charge in [0.2, 0.25) is 0 Å². The molecule has 6 heteroatoms. The smallest absolute Gasteiger partial charge is 0.317 e. The predicted octanol–water partition coefficient (Wildman–Crippen LogP) is 0.776. The minimum absolute atomic E-state index is 0.0442. The number of fused-ring (bicyclic) bond motifs is 1. The van der Waals surface area contributed by atoms with E-state index in [0.29, 0.717) is 13.1 Å². The zero-order valence-corrected chi connectivity index (χ0v) is 11.1. The average Bonchev–Trinajstić information content (AvgIpc) is 2.80. The summed E-state index contributed by atoms with van der Waals surface area (Å²) in [5.74, 6) is 0. The van der Waals surface area contributed by atoms with Crippen LogP contribution in [0.4, 0.5) is 4.79 Å². The molecule has 2 heterocycles. The zero-order chi connectivity index (χ0) is 13.8. The van der Waals surface area contributed by atoms with Crippen LogP contribution in [0, 0.1) is 6.92 Å². The Hall–Kier alpha value is -2.08. The van der Waals surface area contributed by atoms with E-state index in [0.717, 1.165) is 17.0 Å². The van der Waals surface area contributed by atoms with Crippen molar-refractivity contribution in [2.45, 2.75) is 13.5 Å². The number of carbonyl (C=O) groups excluding carboxylic acids is 1. The summed E-state index contributed by atoms with van der Waals surface area (Å²) in [4.78, 5) is 17.5. The number of aromatic nitrogens is 2. The van der Waals surface area contributed by atoms with Gasteiger partial charge >= 0.3 is 6.03 Å². The van der Waals surface area contributed by atoms with Gasteiger partial charge in [-0.3, -0.25) is 0 Å². The largest absolute Gasteiger partial charge is 0.395 e. The number of aryl methyl sites for hydroxylation is 1. The third kappa shape index (κ3) is 3.03. The summed E-state index contributed by atoms with van der Waals surface area (Å²) < 4.78 is 1.99. The number of hydrogen-bond acceptors (Lipinski definition) is 3. The van der Waals surface area contributed by atoms with Crippen LogP contribution in [0.25, 0.3) is 5.65 Å². The lowest BCUT2D eigenvalue weighted by Gasteiger charge is -2.15. The number of urea groups is 1. The number of hydrogen-bond donors (Lipinski definition) is 2. The van der Waals surface area contributed by atoms with Crippen molar-refractivity contribution in [2.75, 3.05) is 20.2 Å². The Bertz CT molecular complexity index is 579. The Labute approximate surface area is 111 Å². The van der Waals surface area contributed by atoms with Crippen LogP contribution in [0.3, 0.4) is 0 Å². The summed E-state index contributed by atoms with van der Waals surface area (Å²) >= 11 is 0. The minimum atomic E-state index is -0.220. The third-order valence-electron chi connectivity index (χ3n) is 2.95. The number of amides is 2. The van der Waals surface area contributed by atoms with Crippen molar-refractivity contribution in [1.29, 1.82) is 0 Å². The predicted molar refractivity (Wildman–Crippen MR) is 71.9 cm³/mol. The molecule has 0 aliphatic carbocycles. The summed E-state index contributed by atoms with van der Waals surface area (Å²) in [7, 11) is 1.64. The topological polar surface area (TPSA) is 69.9 Å². The van der Waals surface area contributed by atoms with Gasteiger partial charge in [0.1, 0.15) is 5.65 Å². The molecule has 0 spiro atoms. The number of aliphatic hydroxyl groups excluding tert-OH is 1. The minimum Gasteiger partial charge on any atom is -0.395 e. The fraction of sp³-hybridized carbons (Fsp3) is 0.385. The van der Waals surface area contributed by atoms with Crippen LogP contribution in [0.5, 0.6) is 0 Å². The van der Waals surface area contributed by atoms with Crippen LogP contribution in [-0.4, -0.2) is 45.6 Å². The number of aliphatic hydroxyl groups is 1. The molecule has 0 aliphatic heterocycles. The maximum Gasteiger partial charge on any atom is 0.317 e. The maximum atomic E-state index is 11.7. The lowest BCUT2D eigenvalue weighted by atomic mass is 10.4. The fourth-order valence-corrected chi connectivity index (χ4v) is 1.84. The Balaban J connectivity index is 2.02. The maximum absolute atomic E-state index is 11.7. The molecule has 2 aromatic heterocycles. The summed E-state index contributed by atoms with van der Waals surface area (Å²) in [6.45, 7) is 2.65. The van der Waals surface area contributed by atoms with Crippen molar-refractivity contribution in [3.05, 3.63) is 35.8 Å². The van der Waals surface area contributed by atoms with Crippen LogP contribution in [0.15, 0.2) is 24.4 Å². The second-order valence-electron chi connectivity index (χ2n) is 4.43. The van der Waals surface area contributed by atoms with Gasteiger partial charge < -0.3 is 19.7 Å². The number of pyridine rings is 1. The molecule has 0 aromatic carbocycles. The standard InChI is InChI=1S/C13H18N4O2/c1-10-4-3-5-12-15-11(9-17(10)12)8-14-13(19)16(2)6-7-18/h3-5,9,18H,6-8H2,1-2H3,(H,14,19). The summed E-state index contributed by atoms with van der Waals surface area (Å²) in [5, 5.41) is 11.5. The lowest BCUT2D eigenvalue weighted by Crippen LogP contribution is -2.38. The van der Waals surface area contributed by atoms with Crippen molar-refractivity contribution in [3.8, 4) is 0 Å². The molecule has 0 saturated heterocycles. The van der Waals surface area contributed by atoms with Crippen molar-refractivity contribution >= 4 is 11.7 Å². The van der Waals surface area contributed by atoms with Crippen LogP contribution >= 0.6 is 0 Å². The molecule has 19 heavy (non-hydrogen) atoms. The van der Waals surface area contributed by atoms with Gasteiger partial charge in [-0.05, 0) is 19.1 Å². The molecule has 6 nitrogen and oxygen atoms in total. The first-order valence-electron chi connectivity index (χ1n) is 6.15. The first kappa shape index (κ1) is 13.4. The van der Waals surface area contributed by atoms with Crippen molar-refractivity contribution < 1.29 is 9.90 Å². The first-order chi connectivity index (χ1) is 9.11. The van der Waals surface area contributed by atoms with Gasteiger partial charge in [0.05, 0.1) is 18.8 Å². The molecule has 2 N–H and O–H groups in total. The summed E-state index contributed by atoms with van der Waals surface area (Å²) in [6, 6.07) is 5.67. The molecular formula is C13H18N4O2. The average molecular weight is 262 g/mol. The van der Waals surface area contributed by atoms with Crippen molar-refractivity contribution in [2.24, 2.45) is 0 Å². The van der Waals surface area contributed by atoms with E-state index in [2.05, 4.69) is 10.3 Å². The monoisotopic (exact) mass is 262 g/mol. The number of nitrogens with one attached hydrogen (secondary N) is 1. The van der Waals surface area contributed by atoms with Gasteiger partial charge in [0, 0.05) is 25.5 Å². The second-order valence-corrected chi connectivity index (χ2v) is 4.43. The number of nitrogens with zero attached hydrogens (tertiary/aromatic N) is 3. The van der Waals surface area contributed by atoms with Crippen molar-refractivity contribution in [3.63, 3.8) is 0 Å². The number of carbonyl (C=O) groups is 1. The quantitative estimate of drug-likeness (QED) is 0.855. The molecule has 2 aromatic rings. The Morgan fingerprint density at radius 2 is 2.32 bits per heavy atom. The number of likely N-dealkylation sites (N-methyl/N-ethyl adjacent to an activating group) is 1. The van der Waals surface area contributed by atoms with Gasteiger partial charge in [-0.15, -0.1) is 0 Å². The number of imidazole rings is 1. The van der Waals surface area contributed by atoms with Gasteiger partial charge in [0.25, 0.3) is 0 Å². The highest BCUT2D eigenvalue weighted by molar-refractivity contribution is 5.73. The highest BCUT2D eigenvalue weighted by Gasteiger charge is 2.08. The van der Waals surface area contributed by atoms with Crippen LogP contribution in [-0.2, 0) is 6.54 Å². The van der Waals surface area contributed by atoms with E-state index in [1.54, 1.807) is 7.05 Å². The molecule has 0 atom stereocenters. The van der Waals surface area contributed by atoms with Crippen molar-refractivity contribution in [1.82, 2.24) is 19.6 Å². The van der Waals surface area contributed by atoms with E-state index in [1.165, 1.54) is 4.90 Å². The highest BCUT2D eigenvalue weighted by atomic mass is 16.3. The second kappa shape index (κ2) is 5.71. The van der Waals surface area contributed by atoms with Crippen LogP contribution in [0.2, 0.25) is 0 Å². The van der Waals surface area contributed by atoms with E-state index in [-0.39, 0.29) is 12.6 Å². The molecule has 2 rings (SSSR count). The SMILES string of the molecule is Cc1cccc2nc(CNC(=O)N(C)CCO)cn12. The first-order valence-corrected chi connectivity index (χ1v) is 6.15. The molecule has 0 radical (unpaired) electrons. The summed E-state index contributed by atoms with van der Waals surface area (Å²) in [6.07, 6.45) is 1.91. The Kier molecular flexibility index (Phi) is 4.01. The number of rotatable bonds is 4. The zero-order valence-electron chi connectivity index (χ0n) is 11.1. The van der Waals surface area contributed by atoms with E-state index in [1.807, 2.05) is 35.7 Å². The molecular weight excluding hydrogens is 244 g/mol. The fourth-order valence-electron chi connectivity index (χ4n) is 1.84. The molecule has 102 valence electrons. The van der Waals surface area contributed by atoms with Gasteiger partial charge in [0.15, 0.2) is 0 Å². The lowest BCUT2D eigenvalue weighted by molar-refractivity contribution is 0.190. The molecule has 0 unspecified atom stereocenters. The Morgan fingerprint density at radius 3 is 3.00 bits per heavy atom. The van der Waals surface area contributed by atoms with Crippen LogP contribution in [0.1, 0.15) is 11.4 Å².